The Morgan fingerprint density at radius 1 is 1.20 bits per heavy atom. The van der Waals surface area contributed by atoms with E-state index >= 15 is 0 Å². The van der Waals surface area contributed by atoms with Crippen molar-refractivity contribution in [3.05, 3.63) is 47.0 Å². The molecule has 4 heteroatoms. The highest BCUT2D eigenvalue weighted by atomic mass is 35.5. The van der Waals surface area contributed by atoms with E-state index in [1.807, 2.05) is 43.3 Å². The fourth-order valence-electron chi connectivity index (χ4n) is 1.92. The minimum absolute atomic E-state index is 0.597. The molecule has 0 bridgehead atoms. The molecule has 0 fully saturated rings. The van der Waals surface area contributed by atoms with E-state index in [2.05, 4.69) is 12.2 Å². The summed E-state index contributed by atoms with van der Waals surface area (Å²) in [6.45, 7) is 4.71. The molecule has 20 heavy (non-hydrogen) atoms. The summed E-state index contributed by atoms with van der Waals surface area (Å²) in [7, 11) is 0. The molecule has 0 aliphatic rings. The first-order chi connectivity index (χ1) is 9.63. The average Bonchev–Trinajstić information content (AvgIpc) is 2.43. The number of ether oxygens (including phenoxy) is 1. The van der Waals surface area contributed by atoms with E-state index in [4.69, 9.17) is 22.1 Å². The third kappa shape index (κ3) is 3.17. The molecule has 3 nitrogen and oxygen atoms in total. The SMILES string of the molecule is CCCOc1cccc(Nc2c(C)cccc2Cl)c1N. The second-order valence-corrected chi connectivity index (χ2v) is 5.03. The van der Waals surface area contributed by atoms with E-state index in [9.17, 15) is 0 Å². The Bertz CT molecular complexity index is 579. The molecule has 3 N–H and O–H groups in total. The first-order valence-corrected chi connectivity index (χ1v) is 7.04. The molecule has 0 saturated carbocycles. The maximum atomic E-state index is 6.22. The summed E-state index contributed by atoms with van der Waals surface area (Å²) < 4.78 is 5.63. The summed E-state index contributed by atoms with van der Waals surface area (Å²) >= 11 is 6.22. The lowest BCUT2D eigenvalue weighted by molar-refractivity contribution is 0.319. The van der Waals surface area contributed by atoms with Crippen molar-refractivity contribution in [1.82, 2.24) is 0 Å². The van der Waals surface area contributed by atoms with Gasteiger partial charge in [-0.2, -0.15) is 0 Å². The molecule has 0 aliphatic heterocycles. The Labute approximate surface area is 124 Å². The molecule has 0 amide bonds. The van der Waals surface area contributed by atoms with Crippen LogP contribution in [0.2, 0.25) is 5.02 Å². The zero-order chi connectivity index (χ0) is 14.5. The van der Waals surface area contributed by atoms with E-state index in [0.717, 1.165) is 23.4 Å². The van der Waals surface area contributed by atoms with Crippen molar-refractivity contribution in [1.29, 1.82) is 0 Å². The van der Waals surface area contributed by atoms with Crippen LogP contribution in [0.3, 0.4) is 0 Å². The molecular formula is C16H19ClN2O. The van der Waals surface area contributed by atoms with Gasteiger partial charge in [-0.25, -0.2) is 0 Å². The van der Waals surface area contributed by atoms with Crippen molar-refractivity contribution < 1.29 is 4.74 Å². The number of halogens is 1. The average molecular weight is 291 g/mol. The highest BCUT2D eigenvalue weighted by Crippen LogP contribution is 2.35. The molecule has 2 aromatic rings. The summed E-state index contributed by atoms with van der Waals surface area (Å²) in [5, 5.41) is 3.96. The first-order valence-electron chi connectivity index (χ1n) is 6.67. The fraction of sp³-hybridized carbons (Fsp3) is 0.250. The van der Waals surface area contributed by atoms with Gasteiger partial charge in [-0.05, 0) is 37.1 Å². The van der Waals surface area contributed by atoms with Crippen molar-refractivity contribution in [3.8, 4) is 5.75 Å². The number of hydrogen-bond donors (Lipinski definition) is 2. The molecule has 2 rings (SSSR count). The first kappa shape index (κ1) is 14.5. The Hall–Kier alpha value is -1.87. The lowest BCUT2D eigenvalue weighted by Gasteiger charge is -2.15. The summed E-state index contributed by atoms with van der Waals surface area (Å²) in [4.78, 5) is 0. The van der Waals surface area contributed by atoms with Crippen LogP contribution in [0.25, 0.3) is 0 Å². The predicted octanol–water partition coefficient (Wildman–Crippen LogP) is 4.76. The number of hydrogen-bond acceptors (Lipinski definition) is 3. The number of anilines is 3. The second-order valence-electron chi connectivity index (χ2n) is 4.62. The minimum atomic E-state index is 0.597. The van der Waals surface area contributed by atoms with Gasteiger partial charge in [-0.15, -0.1) is 0 Å². The van der Waals surface area contributed by atoms with Crippen LogP contribution in [0, 0.1) is 6.92 Å². The highest BCUT2D eigenvalue weighted by molar-refractivity contribution is 6.33. The Morgan fingerprint density at radius 2 is 1.95 bits per heavy atom. The van der Waals surface area contributed by atoms with Crippen LogP contribution in [0.1, 0.15) is 18.9 Å². The van der Waals surface area contributed by atoms with Crippen molar-refractivity contribution in [2.45, 2.75) is 20.3 Å². The Balaban J connectivity index is 2.30. The van der Waals surface area contributed by atoms with Crippen LogP contribution in [0.5, 0.6) is 5.75 Å². The number of rotatable bonds is 5. The van der Waals surface area contributed by atoms with E-state index < -0.39 is 0 Å². The van der Waals surface area contributed by atoms with Gasteiger partial charge in [0.25, 0.3) is 0 Å². The smallest absolute Gasteiger partial charge is 0.144 e. The standard InChI is InChI=1S/C16H19ClN2O/c1-3-10-20-14-9-5-8-13(15(14)18)19-16-11(2)6-4-7-12(16)17/h4-9,19H,3,10,18H2,1-2H3. The largest absolute Gasteiger partial charge is 0.491 e. The lowest BCUT2D eigenvalue weighted by Crippen LogP contribution is -2.03. The molecule has 0 saturated heterocycles. The van der Waals surface area contributed by atoms with Crippen LogP contribution < -0.4 is 15.8 Å². The summed E-state index contributed by atoms with van der Waals surface area (Å²) in [5.41, 5.74) is 9.48. The third-order valence-electron chi connectivity index (χ3n) is 3.01. The van der Waals surface area contributed by atoms with Crippen LogP contribution in [0.15, 0.2) is 36.4 Å². The highest BCUT2D eigenvalue weighted by Gasteiger charge is 2.09. The molecule has 0 aromatic heterocycles. The normalized spacial score (nSPS) is 10.3. The van der Waals surface area contributed by atoms with Crippen molar-refractivity contribution in [2.24, 2.45) is 0 Å². The molecule has 0 heterocycles. The fourth-order valence-corrected chi connectivity index (χ4v) is 2.18. The van der Waals surface area contributed by atoms with Crippen LogP contribution >= 0.6 is 11.6 Å². The number of aryl methyl sites for hydroxylation is 1. The molecule has 0 spiro atoms. The number of nitrogen functional groups attached to an aromatic ring is 1. The number of benzene rings is 2. The summed E-state index contributed by atoms with van der Waals surface area (Å²) in [6.07, 6.45) is 0.945. The number of nitrogens with one attached hydrogen (secondary N) is 1. The van der Waals surface area contributed by atoms with Gasteiger partial charge in [0, 0.05) is 0 Å². The van der Waals surface area contributed by atoms with Gasteiger partial charge in [-0.3, -0.25) is 0 Å². The van der Waals surface area contributed by atoms with Gasteiger partial charge in [0.1, 0.15) is 5.75 Å². The van der Waals surface area contributed by atoms with Gasteiger partial charge in [0.2, 0.25) is 0 Å². The third-order valence-corrected chi connectivity index (χ3v) is 3.32. The molecule has 0 radical (unpaired) electrons. The zero-order valence-corrected chi connectivity index (χ0v) is 12.5. The van der Waals surface area contributed by atoms with E-state index in [1.165, 1.54) is 0 Å². The molecule has 0 atom stereocenters. The summed E-state index contributed by atoms with van der Waals surface area (Å²) in [5.74, 6) is 0.696. The topological polar surface area (TPSA) is 47.3 Å². The minimum Gasteiger partial charge on any atom is -0.491 e. The van der Waals surface area contributed by atoms with E-state index in [1.54, 1.807) is 0 Å². The predicted molar refractivity (Wildman–Crippen MR) is 86.1 cm³/mol. The van der Waals surface area contributed by atoms with Crippen molar-refractivity contribution in [3.63, 3.8) is 0 Å². The second kappa shape index (κ2) is 6.53. The van der Waals surface area contributed by atoms with Crippen LogP contribution in [0.4, 0.5) is 17.1 Å². The number of para-hydroxylation sites is 2. The Kier molecular flexibility index (Phi) is 4.74. The maximum absolute atomic E-state index is 6.22. The van der Waals surface area contributed by atoms with Gasteiger partial charge in [0.15, 0.2) is 0 Å². The van der Waals surface area contributed by atoms with E-state index in [0.29, 0.717) is 23.1 Å². The molecule has 0 unspecified atom stereocenters. The van der Waals surface area contributed by atoms with Gasteiger partial charge in [-0.1, -0.05) is 36.7 Å². The maximum Gasteiger partial charge on any atom is 0.144 e. The molecular weight excluding hydrogens is 272 g/mol. The van der Waals surface area contributed by atoms with Gasteiger partial charge in [0.05, 0.1) is 28.7 Å². The van der Waals surface area contributed by atoms with Gasteiger partial charge >= 0.3 is 0 Å². The van der Waals surface area contributed by atoms with Gasteiger partial charge < -0.3 is 15.8 Å². The zero-order valence-electron chi connectivity index (χ0n) is 11.7. The molecule has 0 aliphatic carbocycles. The van der Waals surface area contributed by atoms with Crippen LogP contribution in [-0.4, -0.2) is 6.61 Å². The quantitative estimate of drug-likeness (QED) is 0.780. The Morgan fingerprint density at radius 3 is 2.65 bits per heavy atom. The van der Waals surface area contributed by atoms with Crippen LogP contribution in [-0.2, 0) is 0 Å². The number of nitrogens with two attached hydrogens (primary N) is 1. The monoisotopic (exact) mass is 290 g/mol. The van der Waals surface area contributed by atoms with Crippen molar-refractivity contribution >= 4 is 28.7 Å². The molecule has 2 aromatic carbocycles. The van der Waals surface area contributed by atoms with Crippen molar-refractivity contribution in [2.75, 3.05) is 17.7 Å². The molecule has 106 valence electrons. The van der Waals surface area contributed by atoms with E-state index in [-0.39, 0.29) is 0 Å². The lowest BCUT2D eigenvalue weighted by atomic mass is 10.1. The summed E-state index contributed by atoms with van der Waals surface area (Å²) in [6, 6.07) is 11.5.